The molecule has 110 valence electrons. The molecule has 0 aliphatic rings. The predicted molar refractivity (Wildman–Crippen MR) is 83.5 cm³/mol. The van der Waals surface area contributed by atoms with Gasteiger partial charge in [-0.15, -0.1) is 0 Å². The summed E-state index contributed by atoms with van der Waals surface area (Å²) >= 11 is 1.77. The number of hydrogen-bond donors (Lipinski definition) is 2. The van der Waals surface area contributed by atoms with Gasteiger partial charge in [0.2, 0.25) is 0 Å². The highest BCUT2D eigenvalue weighted by Crippen LogP contribution is 2.12. The normalized spacial score (nSPS) is 13.1. The molecule has 0 heterocycles. The molecule has 1 unspecified atom stereocenters. The smallest absolute Gasteiger partial charge is 0.253 e. The Hall–Kier alpha value is -1.69. The summed E-state index contributed by atoms with van der Waals surface area (Å²) < 4.78 is 0. The summed E-state index contributed by atoms with van der Waals surface area (Å²) in [5, 5.41) is 11.5. The Morgan fingerprint density at radius 2 is 1.95 bits per heavy atom. The summed E-state index contributed by atoms with van der Waals surface area (Å²) in [6.45, 7) is 2.04. The second-order valence-corrected chi connectivity index (χ2v) is 5.59. The number of nitrogens with two attached hydrogens (primary N) is 1. The van der Waals surface area contributed by atoms with Crippen molar-refractivity contribution in [3.05, 3.63) is 35.4 Å². The monoisotopic (exact) mass is 295 g/mol. The third-order valence-corrected chi connectivity index (χ3v) is 3.90. The minimum atomic E-state index is -0.0235. The Kier molecular flexibility index (Phi) is 6.38. The summed E-state index contributed by atoms with van der Waals surface area (Å²) in [5.41, 5.74) is 6.67. The maximum atomic E-state index is 12.3. The molecule has 5 nitrogen and oxygen atoms in total. The van der Waals surface area contributed by atoms with E-state index in [1.165, 1.54) is 0 Å². The molecule has 1 rings (SSSR count). The standard InChI is InChI=1S/C14H21N3O2S/c1-10(8-9-20-3)17(2)14(18)12-6-4-11(5-7-12)13(15)16-19/h4-7,10,19H,8-9H2,1-3H3,(H2,15,16). The predicted octanol–water partition coefficient (Wildman–Crippen LogP) is 1.99. The van der Waals surface area contributed by atoms with Gasteiger partial charge < -0.3 is 15.8 Å². The molecule has 0 fully saturated rings. The zero-order chi connectivity index (χ0) is 15.1. The van der Waals surface area contributed by atoms with Gasteiger partial charge in [-0.2, -0.15) is 11.8 Å². The molecule has 1 aromatic carbocycles. The topological polar surface area (TPSA) is 78.9 Å². The van der Waals surface area contributed by atoms with E-state index in [2.05, 4.69) is 11.4 Å². The van der Waals surface area contributed by atoms with Crippen molar-refractivity contribution in [3.8, 4) is 0 Å². The van der Waals surface area contributed by atoms with Crippen molar-refractivity contribution >= 4 is 23.5 Å². The van der Waals surface area contributed by atoms with E-state index in [4.69, 9.17) is 10.9 Å². The molecule has 0 radical (unpaired) electrons. The first-order valence-electron chi connectivity index (χ1n) is 6.35. The largest absolute Gasteiger partial charge is 0.409 e. The van der Waals surface area contributed by atoms with Crippen LogP contribution in [0.3, 0.4) is 0 Å². The Morgan fingerprint density at radius 3 is 2.45 bits per heavy atom. The van der Waals surface area contributed by atoms with Gasteiger partial charge in [0, 0.05) is 24.2 Å². The molecule has 0 aliphatic heterocycles. The fourth-order valence-electron chi connectivity index (χ4n) is 1.73. The number of carbonyl (C=O) groups is 1. The number of nitrogens with zero attached hydrogens (tertiary/aromatic N) is 2. The van der Waals surface area contributed by atoms with E-state index >= 15 is 0 Å². The molecule has 1 aromatic rings. The van der Waals surface area contributed by atoms with Gasteiger partial charge in [-0.05, 0) is 37.5 Å². The number of hydrogen-bond acceptors (Lipinski definition) is 4. The number of oxime groups is 1. The van der Waals surface area contributed by atoms with Crippen LogP contribution in [0.1, 0.15) is 29.3 Å². The number of amides is 1. The van der Waals surface area contributed by atoms with Crippen LogP contribution in [0.15, 0.2) is 29.4 Å². The molecule has 3 N–H and O–H groups in total. The van der Waals surface area contributed by atoms with E-state index in [9.17, 15) is 4.79 Å². The molecule has 6 heteroatoms. The number of rotatable bonds is 6. The SMILES string of the molecule is CSCCC(C)N(C)C(=O)c1ccc(/C(N)=N/O)cc1. The van der Waals surface area contributed by atoms with Gasteiger partial charge >= 0.3 is 0 Å². The first kappa shape index (κ1) is 16.4. The summed E-state index contributed by atoms with van der Waals surface area (Å²) in [4.78, 5) is 14.1. The summed E-state index contributed by atoms with van der Waals surface area (Å²) in [6.07, 6.45) is 3.02. The van der Waals surface area contributed by atoms with E-state index < -0.39 is 0 Å². The third-order valence-electron chi connectivity index (χ3n) is 3.26. The van der Waals surface area contributed by atoms with Crippen LogP contribution in [0.2, 0.25) is 0 Å². The second kappa shape index (κ2) is 7.79. The van der Waals surface area contributed by atoms with Gasteiger partial charge in [-0.25, -0.2) is 0 Å². The van der Waals surface area contributed by atoms with Crippen molar-refractivity contribution in [3.63, 3.8) is 0 Å². The summed E-state index contributed by atoms with van der Waals surface area (Å²) in [5.74, 6) is 1.04. The molecule has 1 atom stereocenters. The highest BCUT2D eigenvalue weighted by Gasteiger charge is 2.17. The fourth-order valence-corrected chi connectivity index (χ4v) is 2.30. The van der Waals surface area contributed by atoms with Crippen molar-refractivity contribution in [2.45, 2.75) is 19.4 Å². The molecule has 20 heavy (non-hydrogen) atoms. The lowest BCUT2D eigenvalue weighted by molar-refractivity contribution is 0.0741. The molecule has 0 aliphatic carbocycles. The number of carbonyl (C=O) groups excluding carboxylic acids is 1. The Balaban J connectivity index is 2.77. The van der Waals surface area contributed by atoms with Crippen molar-refractivity contribution < 1.29 is 10.0 Å². The minimum Gasteiger partial charge on any atom is -0.409 e. The van der Waals surface area contributed by atoms with Crippen LogP contribution >= 0.6 is 11.8 Å². The molecule has 0 saturated heterocycles. The average molecular weight is 295 g/mol. The van der Waals surface area contributed by atoms with E-state index in [0.29, 0.717) is 11.1 Å². The van der Waals surface area contributed by atoms with E-state index in [0.717, 1.165) is 12.2 Å². The van der Waals surface area contributed by atoms with Crippen molar-refractivity contribution in [1.82, 2.24) is 4.90 Å². The second-order valence-electron chi connectivity index (χ2n) is 4.61. The Morgan fingerprint density at radius 1 is 1.40 bits per heavy atom. The van der Waals surface area contributed by atoms with Gasteiger partial charge in [0.15, 0.2) is 5.84 Å². The van der Waals surface area contributed by atoms with Gasteiger partial charge in [0.05, 0.1) is 0 Å². The van der Waals surface area contributed by atoms with Crippen molar-refractivity contribution in [2.75, 3.05) is 19.1 Å². The zero-order valence-corrected chi connectivity index (χ0v) is 12.9. The number of amidine groups is 1. The van der Waals surface area contributed by atoms with Gasteiger partial charge in [-0.1, -0.05) is 17.3 Å². The lowest BCUT2D eigenvalue weighted by atomic mass is 10.1. The average Bonchev–Trinajstić information content (AvgIpc) is 2.50. The van der Waals surface area contributed by atoms with E-state index in [-0.39, 0.29) is 17.8 Å². The molecule has 0 aromatic heterocycles. The molecule has 0 saturated carbocycles. The molecular formula is C14H21N3O2S. The van der Waals surface area contributed by atoms with Gasteiger partial charge in [0.1, 0.15) is 0 Å². The van der Waals surface area contributed by atoms with Crippen LogP contribution in [0.25, 0.3) is 0 Å². The minimum absolute atomic E-state index is 0.0235. The van der Waals surface area contributed by atoms with Crippen molar-refractivity contribution in [2.24, 2.45) is 10.9 Å². The first-order chi connectivity index (χ1) is 9.51. The van der Waals surface area contributed by atoms with E-state index in [1.54, 1.807) is 40.9 Å². The fraction of sp³-hybridized carbons (Fsp3) is 0.429. The number of benzene rings is 1. The molecule has 1 amide bonds. The molecule has 0 spiro atoms. The van der Waals surface area contributed by atoms with Crippen molar-refractivity contribution in [1.29, 1.82) is 0 Å². The zero-order valence-electron chi connectivity index (χ0n) is 12.0. The first-order valence-corrected chi connectivity index (χ1v) is 7.74. The maximum absolute atomic E-state index is 12.3. The lowest BCUT2D eigenvalue weighted by Crippen LogP contribution is -2.35. The highest BCUT2D eigenvalue weighted by molar-refractivity contribution is 7.98. The van der Waals surface area contributed by atoms with Gasteiger partial charge in [-0.3, -0.25) is 4.79 Å². The van der Waals surface area contributed by atoms with Crippen LogP contribution in [0, 0.1) is 0 Å². The van der Waals surface area contributed by atoms with E-state index in [1.807, 2.05) is 14.0 Å². The lowest BCUT2D eigenvalue weighted by Gasteiger charge is -2.25. The quantitative estimate of drug-likeness (QED) is 0.364. The highest BCUT2D eigenvalue weighted by atomic mass is 32.2. The Labute approximate surface area is 123 Å². The summed E-state index contributed by atoms with van der Waals surface area (Å²) in [6, 6.07) is 6.91. The van der Waals surface area contributed by atoms with Crippen LogP contribution in [0.4, 0.5) is 0 Å². The summed E-state index contributed by atoms with van der Waals surface area (Å²) in [7, 11) is 1.81. The van der Waals surface area contributed by atoms with Gasteiger partial charge in [0.25, 0.3) is 5.91 Å². The Bertz CT molecular complexity index is 474. The molecular weight excluding hydrogens is 274 g/mol. The third kappa shape index (κ3) is 4.16. The van der Waals surface area contributed by atoms with Crippen LogP contribution in [0.5, 0.6) is 0 Å². The number of thioether (sulfide) groups is 1. The van der Waals surface area contributed by atoms with Crippen LogP contribution in [-0.2, 0) is 0 Å². The van der Waals surface area contributed by atoms with Crippen LogP contribution < -0.4 is 5.73 Å². The molecule has 0 bridgehead atoms. The maximum Gasteiger partial charge on any atom is 0.253 e. The van der Waals surface area contributed by atoms with Crippen LogP contribution in [-0.4, -0.2) is 46.9 Å².